The van der Waals surface area contributed by atoms with E-state index in [1.54, 1.807) is 0 Å². The maximum absolute atomic E-state index is 5.99. The summed E-state index contributed by atoms with van der Waals surface area (Å²) in [4.78, 5) is 2.57. The van der Waals surface area contributed by atoms with E-state index in [1.165, 1.54) is 32.1 Å². The average molecular weight is 355 g/mol. The van der Waals surface area contributed by atoms with E-state index in [0.717, 1.165) is 51.7 Å². The number of hydrogen-bond donors (Lipinski definition) is 0. The molecule has 2 fully saturated rings. The van der Waals surface area contributed by atoms with Crippen LogP contribution < -0.4 is 0 Å². The Labute approximate surface area is 155 Å². The minimum Gasteiger partial charge on any atom is -0.373 e. The Balaban J connectivity index is 1.69. The predicted octanol–water partition coefficient (Wildman–Crippen LogP) is 5.62. The number of thioether (sulfide) groups is 1. The van der Waals surface area contributed by atoms with Gasteiger partial charge in [0, 0.05) is 23.0 Å². The highest BCUT2D eigenvalue weighted by Gasteiger charge is 2.29. The van der Waals surface area contributed by atoms with E-state index in [0.29, 0.717) is 0 Å². The number of allylic oxidation sites excluding steroid dienone is 4. The van der Waals surface area contributed by atoms with Crippen LogP contribution in [0.25, 0.3) is 0 Å². The minimum absolute atomic E-state index is 0.211. The lowest BCUT2D eigenvalue weighted by Crippen LogP contribution is -2.16. The zero-order valence-electron chi connectivity index (χ0n) is 14.8. The molecule has 0 spiro atoms. The second-order valence-electron chi connectivity index (χ2n) is 7.08. The Kier molecular flexibility index (Phi) is 5.16. The summed E-state index contributed by atoms with van der Waals surface area (Å²) in [5.41, 5.74) is 5.03. The van der Waals surface area contributed by atoms with Crippen LogP contribution in [-0.4, -0.2) is 25.4 Å². The highest BCUT2D eigenvalue weighted by Crippen LogP contribution is 2.44. The molecule has 25 heavy (non-hydrogen) atoms. The average Bonchev–Trinajstić information content (AvgIpc) is 3.29. The fourth-order valence-electron chi connectivity index (χ4n) is 4.04. The molecular formula is C22H26O2S. The van der Waals surface area contributed by atoms with Crippen molar-refractivity contribution in [3.05, 3.63) is 69.6 Å². The van der Waals surface area contributed by atoms with Crippen LogP contribution in [0.1, 0.15) is 38.5 Å². The van der Waals surface area contributed by atoms with Gasteiger partial charge < -0.3 is 9.47 Å². The molecule has 0 aromatic carbocycles. The van der Waals surface area contributed by atoms with Crippen molar-refractivity contribution in [3.63, 3.8) is 0 Å². The number of rotatable bonds is 4. The summed E-state index contributed by atoms with van der Waals surface area (Å²) < 4.78 is 12.0. The second-order valence-corrected chi connectivity index (χ2v) is 8.17. The van der Waals surface area contributed by atoms with Gasteiger partial charge in [-0.05, 0) is 60.8 Å². The third-order valence-corrected chi connectivity index (χ3v) is 6.43. The topological polar surface area (TPSA) is 18.5 Å². The van der Waals surface area contributed by atoms with Gasteiger partial charge in [-0.3, -0.25) is 0 Å². The number of ether oxygens (including phenoxy) is 2. The van der Waals surface area contributed by atoms with Gasteiger partial charge in [-0.1, -0.05) is 49.2 Å². The Bertz CT molecular complexity index is 636. The maximum Gasteiger partial charge on any atom is 0.0839 e. The Morgan fingerprint density at radius 3 is 1.68 bits per heavy atom. The molecule has 132 valence electrons. The van der Waals surface area contributed by atoms with Gasteiger partial charge in [0.1, 0.15) is 0 Å². The van der Waals surface area contributed by atoms with Gasteiger partial charge in [-0.15, -0.1) is 0 Å². The Morgan fingerprint density at radius 1 is 0.800 bits per heavy atom. The van der Waals surface area contributed by atoms with Gasteiger partial charge in [0.25, 0.3) is 0 Å². The van der Waals surface area contributed by atoms with Crippen molar-refractivity contribution in [1.82, 2.24) is 0 Å². The van der Waals surface area contributed by atoms with Crippen molar-refractivity contribution in [3.8, 4) is 0 Å². The van der Waals surface area contributed by atoms with Crippen molar-refractivity contribution in [1.29, 1.82) is 0 Å². The molecule has 2 unspecified atom stereocenters. The van der Waals surface area contributed by atoms with Crippen LogP contribution in [-0.2, 0) is 9.47 Å². The van der Waals surface area contributed by atoms with E-state index in [1.807, 2.05) is 11.8 Å². The van der Waals surface area contributed by atoms with Crippen molar-refractivity contribution in [2.24, 2.45) is 0 Å². The molecule has 0 N–H and O–H groups in total. The SMILES string of the molecule is C=C1CC=CC(SC2=C(C3CCCO3)C(=C)CC=C2)=C1C1CCCO1. The van der Waals surface area contributed by atoms with Crippen LogP contribution >= 0.6 is 11.8 Å². The summed E-state index contributed by atoms with van der Waals surface area (Å²) in [6, 6.07) is 0. The fourth-order valence-corrected chi connectivity index (χ4v) is 5.38. The number of hydrogen-bond acceptors (Lipinski definition) is 3. The summed E-state index contributed by atoms with van der Waals surface area (Å²) >= 11 is 1.84. The van der Waals surface area contributed by atoms with Crippen molar-refractivity contribution in [2.75, 3.05) is 13.2 Å². The van der Waals surface area contributed by atoms with E-state index >= 15 is 0 Å². The Hall–Kier alpha value is -1.29. The maximum atomic E-state index is 5.99. The fraction of sp³-hybridized carbons (Fsp3) is 0.455. The zero-order chi connectivity index (χ0) is 17.2. The monoisotopic (exact) mass is 354 g/mol. The molecule has 0 bridgehead atoms. The summed E-state index contributed by atoms with van der Waals surface area (Å²) in [7, 11) is 0. The largest absolute Gasteiger partial charge is 0.373 e. The van der Waals surface area contributed by atoms with Crippen LogP contribution in [0.5, 0.6) is 0 Å². The van der Waals surface area contributed by atoms with E-state index in [2.05, 4.69) is 37.5 Å². The quantitative estimate of drug-likeness (QED) is 0.653. The highest BCUT2D eigenvalue weighted by atomic mass is 32.2. The molecule has 2 heterocycles. The molecule has 3 heteroatoms. The first-order valence-electron chi connectivity index (χ1n) is 9.33. The van der Waals surface area contributed by atoms with Crippen molar-refractivity contribution in [2.45, 2.75) is 50.7 Å². The lowest BCUT2D eigenvalue weighted by Gasteiger charge is -2.26. The summed E-state index contributed by atoms with van der Waals surface area (Å²) in [5, 5.41) is 0. The van der Waals surface area contributed by atoms with Crippen molar-refractivity contribution < 1.29 is 9.47 Å². The van der Waals surface area contributed by atoms with Crippen molar-refractivity contribution >= 4 is 11.8 Å². The van der Waals surface area contributed by atoms with Crippen LogP contribution in [0.15, 0.2) is 69.6 Å². The van der Waals surface area contributed by atoms with Gasteiger partial charge in [0.05, 0.1) is 12.2 Å². The van der Waals surface area contributed by atoms with E-state index < -0.39 is 0 Å². The predicted molar refractivity (Wildman–Crippen MR) is 105 cm³/mol. The van der Waals surface area contributed by atoms with Gasteiger partial charge in [0.2, 0.25) is 0 Å². The summed E-state index contributed by atoms with van der Waals surface area (Å²) in [5.74, 6) is 0. The van der Waals surface area contributed by atoms with Crippen LogP contribution in [0.3, 0.4) is 0 Å². The first kappa shape index (κ1) is 17.1. The summed E-state index contributed by atoms with van der Waals surface area (Å²) in [6.45, 7) is 10.4. The third-order valence-electron chi connectivity index (χ3n) is 5.28. The third kappa shape index (κ3) is 3.51. The normalized spacial score (nSPS) is 30.1. The molecule has 0 aromatic rings. The van der Waals surface area contributed by atoms with Crippen LogP contribution in [0.4, 0.5) is 0 Å². The van der Waals surface area contributed by atoms with Crippen LogP contribution in [0, 0.1) is 0 Å². The molecule has 4 rings (SSSR count). The second kappa shape index (κ2) is 7.53. The van der Waals surface area contributed by atoms with Gasteiger partial charge in [0.15, 0.2) is 0 Å². The molecule has 0 aromatic heterocycles. The van der Waals surface area contributed by atoms with E-state index in [9.17, 15) is 0 Å². The molecule has 2 nitrogen and oxygen atoms in total. The molecule has 2 aliphatic carbocycles. The van der Waals surface area contributed by atoms with Crippen LogP contribution in [0.2, 0.25) is 0 Å². The van der Waals surface area contributed by atoms with E-state index in [4.69, 9.17) is 9.47 Å². The zero-order valence-corrected chi connectivity index (χ0v) is 15.6. The molecule has 2 saturated heterocycles. The first-order valence-corrected chi connectivity index (χ1v) is 10.1. The molecule has 2 atom stereocenters. The summed E-state index contributed by atoms with van der Waals surface area (Å²) in [6.07, 6.45) is 15.7. The molecule has 2 aliphatic heterocycles. The molecular weight excluding hydrogens is 328 g/mol. The first-order chi connectivity index (χ1) is 12.2. The Morgan fingerprint density at radius 2 is 1.28 bits per heavy atom. The minimum atomic E-state index is 0.211. The smallest absolute Gasteiger partial charge is 0.0839 e. The van der Waals surface area contributed by atoms with Gasteiger partial charge in [-0.2, -0.15) is 0 Å². The van der Waals surface area contributed by atoms with E-state index in [-0.39, 0.29) is 12.2 Å². The highest BCUT2D eigenvalue weighted by molar-refractivity contribution is 8.07. The standard InChI is InChI=1S/C22H26O2S/c1-15-7-3-11-19(21(15)17-9-5-13-23-17)25-20-12-4-8-16(2)22(20)18-10-6-14-24-18/h3-4,11-12,17-18H,1-2,5-10,13-14H2. The lowest BCUT2D eigenvalue weighted by molar-refractivity contribution is 0.138. The lowest BCUT2D eigenvalue weighted by atomic mass is 9.93. The molecule has 0 radical (unpaired) electrons. The molecule has 4 aliphatic rings. The van der Waals surface area contributed by atoms with Gasteiger partial charge >= 0.3 is 0 Å². The molecule has 0 saturated carbocycles. The van der Waals surface area contributed by atoms with Gasteiger partial charge in [-0.25, -0.2) is 0 Å². The molecule has 0 amide bonds.